The first-order valence-electron chi connectivity index (χ1n) is 10.9. The number of thiophene rings is 1. The Labute approximate surface area is 196 Å². The van der Waals surface area contributed by atoms with Crippen molar-refractivity contribution < 1.29 is 4.79 Å². The minimum atomic E-state index is 0.0270. The van der Waals surface area contributed by atoms with Gasteiger partial charge in [-0.25, -0.2) is 4.99 Å². The van der Waals surface area contributed by atoms with Crippen molar-refractivity contribution in [3.05, 3.63) is 94.7 Å². The van der Waals surface area contributed by atoms with Gasteiger partial charge in [0.1, 0.15) is 5.84 Å². The number of anilines is 1. The summed E-state index contributed by atoms with van der Waals surface area (Å²) in [5.74, 6) is 0.555. The molecule has 1 amide bonds. The Kier molecular flexibility index (Phi) is 5.91. The van der Waals surface area contributed by atoms with Crippen molar-refractivity contribution in [3.63, 3.8) is 0 Å². The number of amidine groups is 1. The molecule has 0 aliphatic carbocycles. The molecule has 0 radical (unpaired) electrons. The zero-order valence-corrected chi connectivity index (χ0v) is 18.9. The highest BCUT2D eigenvalue weighted by molar-refractivity contribution is 7.12. The number of nitrogens with zero attached hydrogens (tertiary/aromatic N) is 1. The molecule has 5 rings (SSSR count). The van der Waals surface area contributed by atoms with Gasteiger partial charge in [0.25, 0.3) is 0 Å². The highest BCUT2D eigenvalue weighted by atomic mass is 32.1. The van der Waals surface area contributed by atoms with Crippen LogP contribution >= 0.6 is 11.3 Å². The highest BCUT2D eigenvalue weighted by Gasteiger charge is 2.07. The van der Waals surface area contributed by atoms with Crippen molar-refractivity contribution in [2.75, 3.05) is 5.32 Å². The van der Waals surface area contributed by atoms with E-state index in [9.17, 15) is 4.79 Å². The largest absolute Gasteiger partial charge is 0.383 e. The summed E-state index contributed by atoms with van der Waals surface area (Å²) in [6.07, 6.45) is 2.08. The lowest BCUT2D eigenvalue weighted by Crippen LogP contribution is -2.11. The first-order valence-corrected chi connectivity index (χ1v) is 11.8. The van der Waals surface area contributed by atoms with Gasteiger partial charge in [-0.15, -0.1) is 11.3 Å². The lowest BCUT2D eigenvalue weighted by Gasteiger charge is -2.06. The van der Waals surface area contributed by atoms with Gasteiger partial charge in [0.2, 0.25) is 5.91 Å². The third kappa shape index (κ3) is 4.81. The fourth-order valence-corrected chi connectivity index (χ4v) is 4.59. The van der Waals surface area contributed by atoms with Crippen LogP contribution in [0.2, 0.25) is 0 Å². The predicted molar refractivity (Wildman–Crippen MR) is 139 cm³/mol. The number of hydrogen-bond donors (Lipinski definition) is 3. The molecular weight excluding hydrogens is 428 g/mol. The molecule has 2 aromatic heterocycles. The quantitative estimate of drug-likeness (QED) is 0.198. The minimum absolute atomic E-state index is 0.0270. The summed E-state index contributed by atoms with van der Waals surface area (Å²) in [6.45, 7) is 0. The molecule has 0 fully saturated rings. The van der Waals surface area contributed by atoms with Gasteiger partial charge in [-0.2, -0.15) is 0 Å². The number of carbonyl (C=O) groups is 1. The van der Waals surface area contributed by atoms with Gasteiger partial charge < -0.3 is 16.0 Å². The molecule has 3 aromatic carbocycles. The molecule has 0 atom stereocenters. The summed E-state index contributed by atoms with van der Waals surface area (Å²) in [5, 5.41) is 7.30. The van der Waals surface area contributed by atoms with Crippen LogP contribution in [0, 0.1) is 0 Å². The zero-order valence-electron chi connectivity index (χ0n) is 18.0. The van der Waals surface area contributed by atoms with Crippen LogP contribution in [-0.4, -0.2) is 16.7 Å². The number of fused-ring (bicyclic) bond motifs is 3. The second kappa shape index (κ2) is 9.30. The number of benzene rings is 3. The summed E-state index contributed by atoms with van der Waals surface area (Å²) in [7, 11) is 0. The maximum Gasteiger partial charge on any atom is 0.224 e. The average molecular weight is 453 g/mol. The van der Waals surface area contributed by atoms with E-state index < -0.39 is 0 Å². The van der Waals surface area contributed by atoms with E-state index in [0.29, 0.717) is 12.3 Å². The smallest absolute Gasteiger partial charge is 0.224 e. The topological polar surface area (TPSA) is 83.3 Å². The van der Waals surface area contributed by atoms with E-state index in [1.165, 1.54) is 5.56 Å². The second-order valence-electron chi connectivity index (χ2n) is 7.97. The Hall–Kier alpha value is -3.90. The molecule has 0 saturated heterocycles. The van der Waals surface area contributed by atoms with Crippen molar-refractivity contribution in [1.29, 1.82) is 0 Å². The first kappa shape index (κ1) is 21.0. The van der Waals surface area contributed by atoms with Crippen LogP contribution in [0.5, 0.6) is 0 Å². The monoisotopic (exact) mass is 452 g/mol. The number of aryl methyl sites for hydroxylation is 1. The van der Waals surface area contributed by atoms with Crippen LogP contribution in [-0.2, 0) is 11.2 Å². The molecule has 0 unspecified atom stereocenters. The molecule has 0 aliphatic heterocycles. The normalized spacial score (nSPS) is 11.8. The standard InChI is InChI=1S/C27H24N4OS/c28-27(25-8-4-16-33-25)30-19-12-10-18(11-13-19)5-3-9-26(32)29-20-14-15-24-22(17-20)21-6-1-2-7-23(21)31-24/h1-2,4,6-8,10-17,31H,3,5,9H2,(H2,28,30)(H,29,32). The average Bonchev–Trinajstić information content (AvgIpc) is 3.48. The fourth-order valence-electron chi connectivity index (χ4n) is 3.96. The Balaban J connectivity index is 1.15. The number of H-pyrrole nitrogens is 1. The number of nitrogens with two attached hydrogens (primary N) is 1. The van der Waals surface area contributed by atoms with E-state index in [0.717, 1.165) is 50.9 Å². The molecule has 0 aliphatic rings. The Bertz CT molecular complexity index is 1430. The van der Waals surface area contributed by atoms with Crippen molar-refractivity contribution in [1.82, 2.24) is 4.98 Å². The summed E-state index contributed by atoms with van der Waals surface area (Å²) >= 11 is 1.57. The maximum absolute atomic E-state index is 12.5. The SMILES string of the molecule is N/C(=N\c1ccc(CCCC(=O)Nc2ccc3[nH]c4ccccc4c3c2)cc1)c1cccs1. The van der Waals surface area contributed by atoms with Gasteiger partial charge >= 0.3 is 0 Å². The van der Waals surface area contributed by atoms with E-state index in [1.807, 2.05) is 72.1 Å². The van der Waals surface area contributed by atoms with Crippen LogP contribution in [0.25, 0.3) is 21.8 Å². The van der Waals surface area contributed by atoms with Gasteiger partial charge in [-0.1, -0.05) is 36.4 Å². The molecule has 0 bridgehead atoms. The van der Waals surface area contributed by atoms with Crippen molar-refractivity contribution in [3.8, 4) is 0 Å². The van der Waals surface area contributed by atoms with Crippen molar-refractivity contribution >= 4 is 56.3 Å². The Morgan fingerprint density at radius 2 is 1.76 bits per heavy atom. The molecule has 5 aromatic rings. The Morgan fingerprint density at radius 1 is 0.939 bits per heavy atom. The van der Waals surface area contributed by atoms with Crippen LogP contribution in [0.3, 0.4) is 0 Å². The van der Waals surface area contributed by atoms with E-state index >= 15 is 0 Å². The van der Waals surface area contributed by atoms with Crippen LogP contribution < -0.4 is 11.1 Å². The number of carbonyl (C=O) groups excluding carboxylic acids is 1. The molecule has 33 heavy (non-hydrogen) atoms. The van der Waals surface area contributed by atoms with Crippen molar-refractivity contribution in [2.24, 2.45) is 10.7 Å². The Morgan fingerprint density at radius 3 is 2.58 bits per heavy atom. The number of nitrogens with one attached hydrogen (secondary N) is 2. The van der Waals surface area contributed by atoms with E-state index in [4.69, 9.17) is 5.73 Å². The minimum Gasteiger partial charge on any atom is -0.383 e. The molecular formula is C27H24N4OS. The van der Waals surface area contributed by atoms with E-state index in [1.54, 1.807) is 11.3 Å². The predicted octanol–water partition coefficient (Wildman–Crippen LogP) is 6.38. The summed E-state index contributed by atoms with van der Waals surface area (Å²) < 4.78 is 0. The van der Waals surface area contributed by atoms with Crippen LogP contribution in [0.15, 0.2) is 89.2 Å². The number of amides is 1. The number of aromatic nitrogens is 1. The van der Waals surface area contributed by atoms with E-state index in [2.05, 4.69) is 27.4 Å². The van der Waals surface area contributed by atoms with Gasteiger partial charge in [0.05, 0.1) is 10.6 Å². The maximum atomic E-state index is 12.5. The zero-order chi connectivity index (χ0) is 22.6. The number of para-hydroxylation sites is 1. The summed E-state index contributed by atoms with van der Waals surface area (Å²) in [6, 6.07) is 26.1. The molecule has 6 heteroatoms. The summed E-state index contributed by atoms with van der Waals surface area (Å²) in [5.41, 5.74) is 11.0. The number of hydrogen-bond acceptors (Lipinski definition) is 3. The fraction of sp³-hybridized carbons (Fsp3) is 0.111. The van der Waals surface area contributed by atoms with Crippen LogP contribution in [0.4, 0.5) is 11.4 Å². The molecule has 2 heterocycles. The second-order valence-corrected chi connectivity index (χ2v) is 8.92. The number of aromatic amines is 1. The summed E-state index contributed by atoms with van der Waals surface area (Å²) in [4.78, 5) is 21.3. The van der Waals surface area contributed by atoms with Crippen LogP contribution in [0.1, 0.15) is 23.3 Å². The number of aliphatic imine (C=N–C) groups is 1. The third-order valence-electron chi connectivity index (χ3n) is 5.62. The van der Waals surface area contributed by atoms with Gasteiger partial charge in [0.15, 0.2) is 0 Å². The lowest BCUT2D eigenvalue weighted by atomic mass is 10.1. The van der Waals surface area contributed by atoms with Crippen molar-refractivity contribution in [2.45, 2.75) is 19.3 Å². The molecule has 0 saturated carbocycles. The lowest BCUT2D eigenvalue weighted by molar-refractivity contribution is -0.116. The van der Waals surface area contributed by atoms with Gasteiger partial charge in [0, 0.05) is 33.9 Å². The first-order chi connectivity index (χ1) is 16.2. The highest BCUT2D eigenvalue weighted by Crippen LogP contribution is 2.27. The molecule has 164 valence electrons. The molecule has 4 N–H and O–H groups in total. The molecule has 5 nitrogen and oxygen atoms in total. The van der Waals surface area contributed by atoms with Gasteiger partial charge in [-0.3, -0.25) is 4.79 Å². The van der Waals surface area contributed by atoms with Gasteiger partial charge in [-0.05, 0) is 66.2 Å². The third-order valence-corrected chi connectivity index (χ3v) is 6.51. The van der Waals surface area contributed by atoms with E-state index in [-0.39, 0.29) is 5.91 Å². The number of rotatable bonds is 7. The molecule has 0 spiro atoms.